The first kappa shape index (κ1) is 12.6. The van der Waals surface area contributed by atoms with Crippen molar-refractivity contribution in [3.8, 4) is 0 Å². The van der Waals surface area contributed by atoms with Crippen molar-refractivity contribution >= 4 is 0 Å². The standard InChI is InChI=1S/C19H24O/c1-2-8-14(9-3-1)19-17-12-5-4-10-15(17)16-11-6-7-13-18(16)20-19/h1-3,8-10,16-19H,4-7,11-13H2/t16-,17-,18+,19-/m1/s1. The second kappa shape index (κ2) is 5.37. The Kier molecular flexibility index (Phi) is 3.39. The van der Waals surface area contributed by atoms with Crippen molar-refractivity contribution in [1.82, 2.24) is 0 Å². The quantitative estimate of drug-likeness (QED) is 0.648. The molecule has 4 rings (SSSR count). The number of allylic oxidation sites excluding steroid dienone is 1. The Morgan fingerprint density at radius 1 is 0.850 bits per heavy atom. The third-order valence-corrected chi connectivity index (χ3v) is 5.47. The molecule has 20 heavy (non-hydrogen) atoms. The smallest absolute Gasteiger partial charge is 0.0894 e. The van der Waals surface area contributed by atoms with Crippen molar-refractivity contribution in [3.63, 3.8) is 0 Å². The Labute approximate surface area is 122 Å². The lowest BCUT2D eigenvalue weighted by Crippen LogP contribution is -2.41. The molecular formula is C19H24O. The van der Waals surface area contributed by atoms with Crippen LogP contribution in [0.5, 0.6) is 0 Å². The van der Waals surface area contributed by atoms with Crippen molar-refractivity contribution in [3.05, 3.63) is 47.5 Å². The van der Waals surface area contributed by atoms with E-state index in [0.717, 1.165) is 5.92 Å². The van der Waals surface area contributed by atoms with Gasteiger partial charge in [-0.1, -0.05) is 54.8 Å². The summed E-state index contributed by atoms with van der Waals surface area (Å²) < 4.78 is 6.61. The molecule has 0 unspecified atom stereocenters. The van der Waals surface area contributed by atoms with E-state index in [1.807, 2.05) is 0 Å². The van der Waals surface area contributed by atoms with E-state index in [2.05, 4.69) is 36.4 Å². The van der Waals surface area contributed by atoms with Crippen LogP contribution in [0.1, 0.15) is 56.6 Å². The van der Waals surface area contributed by atoms with Crippen molar-refractivity contribution in [2.45, 2.75) is 57.2 Å². The highest BCUT2D eigenvalue weighted by Crippen LogP contribution is 2.50. The summed E-state index contributed by atoms with van der Waals surface area (Å²) in [5.74, 6) is 1.37. The molecule has 0 radical (unpaired) electrons. The Morgan fingerprint density at radius 3 is 2.55 bits per heavy atom. The molecule has 4 atom stereocenters. The van der Waals surface area contributed by atoms with Gasteiger partial charge in [0, 0.05) is 11.8 Å². The van der Waals surface area contributed by atoms with Crippen LogP contribution >= 0.6 is 0 Å². The molecule has 1 heteroatoms. The van der Waals surface area contributed by atoms with Crippen molar-refractivity contribution in [1.29, 1.82) is 0 Å². The highest BCUT2D eigenvalue weighted by atomic mass is 16.5. The van der Waals surface area contributed by atoms with Gasteiger partial charge in [0.1, 0.15) is 0 Å². The molecule has 0 N–H and O–H groups in total. The number of benzene rings is 1. The summed E-state index contributed by atoms with van der Waals surface area (Å²) >= 11 is 0. The number of hydrogen-bond acceptors (Lipinski definition) is 1. The minimum absolute atomic E-state index is 0.307. The normalized spacial score (nSPS) is 36.7. The molecule has 1 heterocycles. The average molecular weight is 268 g/mol. The lowest BCUT2D eigenvalue weighted by molar-refractivity contribution is -0.106. The minimum Gasteiger partial charge on any atom is -0.369 e. The number of ether oxygens (including phenoxy) is 1. The molecule has 0 amide bonds. The van der Waals surface area contributed by atoms with Gasteiger partial charge in [-0.25, -0.2) is 0 Å². The number of hydrogen-bond donors (Lipinski definition) is 0. The van der Waals surface area contributed by atoms with Gasteiger partial charge in [-0.15, -0.1) is 0 Å². The van der Waals surface area contributed by atoms with Gasteiger partial charge in [-0.3, -0.25) is 0 Å². The molecule has 0 bridgehead atoms. The van der Waals surface area contributed by atoms with E-state index in [9.17, 15) is 0 Å². The SMILES string of the molecule is C1=C2[C@H]3CCCC[C@@H]3O[C@H](c3ccccc3)[C@@H]2CCC1. The molecule has 0 spiro atoms. The van der Waals surface area contributed by atoms with Crippen LogP contribution in [0.2, 0.25) is 0 Å². The summed E-state index contributed by atoms with van der Waals surface area (Å²) in [5, 5.41) is 0. The monoisotopic (exact) mass is 268 g/mol. The second-order valence-corrected chi connectivity index (χ2v) is 6.64. The predicted molar refractivity (Wildman–Crippen MR) is 81.4 cm³/mol. The van der Waals surface area contributed by atoms with E-state index in [1.54, 1.807) is 5.57 Å². The molecule has 3 aliphatic rings. The summed E-state index contributed by atoms with van der Waals surface area (Å²) in [6.07, 6.45) is 12.6. The summed E-state index contributed by atoms with van der Waals surface area (Å²) in [5.41, 5.74) is 3.13. The Hall–Kier alpha value is -1.08. The Balaban J connectivity index is 1.70. The second-order valence-electron chi connectivity index (χ2n) is 6.64. The van der Waals surface area contributed by atoms with Crippen LogP contribution in [0.4, 0.5) is 0 Å². The summed E-state index contributed by atoms with van der Waals surface area (Å²) in [6.45, 7) is 0. The highest BCUT2D eigenvalue weighted by Gasteiger charge is 2.43. The zero-order valence-electron chi connectivity index (χ0n) is 12.1. The Morgan fingerprint density at radius 2 is 1.65 bits per heavy atom. The molecule has 1 aliphatic heterocycles. The van der Waals surface area contributed by atoms with Crippen molar-refractivity contribution in [2.24, 2.45) is 11.8 Å². The first-order valence-corrected chi connectivity index (χ1v) is 8.34. The molecule has 2 fully saturated rings. The highest BCUT2D eigenvalue weighted by molar-refractivity contribution is 5.27. The molecule has 1 saturated heterocycles. The van der Waals surface area contributed by atoms with Gasteiger partial charge in [0.2, 0.25) is 0 Å². The van der Waals surface area contributed by atoms with Crippen LogP contribution in [-0.2, 0) is 4.74 Å². The van der Waals surface area contributed by atoms with Crippen LogP contribution in [0.15, 0.2) is 42.0 Å². The van der Waals surface area contributed by atoms with E-state index in [0.29, 0.717) is 18.1 Å². The first-order chi connectivity index (χ1) is 9.93. The fourth-order valence-corrected chi connectivity index (χ4v) is 4.55. The summed E-state index contributed by atoms with van der Waals surface area (Å²) in [7, 11) is 0. The lowest BCUT2D eigenvalue weighted by Gasteiger charge is -2.47. The van der Waals surface area contributed by atoms with E-state index in [1.165, 1.54) is 50.5 Å². The minimum atomic E-state index is 0.307. The molecular weight excluding hydrogens is 244 g/mol. The maximum absolute atomic E-state index is 6.61. The molecule has 1 saturated carbocycles. The third-order valence-electron chi connectivity index (χ3n) is 5.47. The van der Waals surface area contributed by atoms with Gasteiger partial charge in [0.05, 0.1) is 12.2 Å². The van der Waals surface area contributed by atoms with Gasteiger partial charge in [-0.05, 0) is 37.7 Å². The van der Waals surface area contributed by atoms with Gasteiger partial charge in [0.25, 0.3) is 0 Å². The van der Waals surface area contributed by atoms with Crippen LogP contribution in [0.3, 0.4) is 0 Å². The maximum Gasteiger partial charge on any atom is 0.0894 e. The van der Waals surface area contributed by atoms with Crippen LogP contribution in [0.25, 0.3) is 0 Å². The van der Waals surface area contributed by atoms with E-state index in [4.69, 9.17) is 4.74 Å². The maximum atomic E-state index is 6.61. The number of rotatable bonds is 1. The molecule has 1 aromatic carbocycles. The van der Waals surface area contributed by atoms with E-state index in [-0.39, 0.29) is 0 Å². The van der Waals surface area contributed by atoms with Crippen molar-refractivity contribution < 1.29 is 4.74 Å². The largest absolute Gasteiger partial charge is 0.369 e. The topological polar surface area (TPSA) is 9.23 Å². The number of fused-ring (bicyclic) bond motifs is 3. The molecule has 1 nitrogen and oxygen atoms in total. The van der Waals surface area contributed by atoms with E-state index < -0.39 is 0 Å². The lowest BCUT2D eigenvalue weighted by atomic mass is 9.68. The van der Waals surface area contributed by atoms with Crippen LogP contribution in [-0.4, -0.2) is 6.10 Å². The fraction of sp³-hybridized carbons (Fsp3) is 0.579. The van der Waals surface area contributed by atoms with Gasteiger partial charge in [-0.2, -0.15) is 0 Å². The van der Waals surface area contributed by atoms with Crippen molar-refractivity contribution in [2.75, 3.05) is 0 Å². The molecule has 0 aromatic heterocycles. The summed E-state index contributed by atoms with van der Waals surface area (Å²) in [4.78, 5) is 0. The fourth-order valence-electron chi connectivity index (χ4n) is 4.55. The van der Waals surface area contributed by atoms with Crippen LogP contribution in [0, 0.1) is 11.8 Å². The van der Waals surface area contributed by atoms with Gasteiger partial charge >= 0.3 is 0 Å². The molecule has 106 valence electrons. The van der Waals surface area contributed by atoms with Gasteiger partial charge in [0.15, 0.2) is 0 Å². The van der Waals surface area contributed by atoms with Crippen LogP contribution < -0.4 is 0 Å². The summed E-state index contributed by atoms with van der Waals surface area (Å²) in [6, 6.07) is 10.9. The zero-order valence-corrected chi connectivity index (χ0v) is 12.1. The first-order valence-electron chi connectivity index (χ1n) is 8.34. The Bertz CT molecular complexity index is 490. The van der Waals surface area contributed by atoms with Gasteiger partial charge < -0.3 is 4.74 Å². The average Bonchev–Trinajstić information content (AvgIpc) is 2.55. The van der Waals surface area contributed by atoms with E-state index >= 15 is 0 Å². The third kappa shape index (κ3) is 2.13. The zero-order chi connectivity index (χ0) is 13.4. The molecule has 1 aromatic rings. The molecule has 2 aliphatic carbocycles. The predicted octanol–water partition coefficient (Wildman–Crippen LogP) is 5.04.